The molecule has 0 spiro atoms. The Morgan fingerprint density at radius 1 is 0.549 bits per heavy atom. The smallest absolute Gasteiger partial charge is 0.314 e. The molecule has 0 bridgehead atoms. The van der Waals surface area contributed by atoms with Gasteiger partial charge in [-0.1, -0.05) is 47.5 Å². The Hall–Kier alpha value is -6.34. The quantitative estimate of drug-likeness (QED) is 0.0520. The van der Waals surface area contributed by atoms with E-state index in [2.05, 4.69) is 52.6 Å². The van der Waals surface area contributed by atoms with Gasteiger partial charge in [0.15, 0.2) is 0 Å². The lowest BCUT2D eigenvalue weighted by atomic mass is 9.83. The summed E-state index contributed by atoms with van der Waals surface area (Å²) < 4.78 is 60.2. The third kappa shape index (κ3) is 16.3. The van der Waals surface area contributed by atoms with Crippen molar-refractivity contribution < 1.29 is 36.0 Å². The van der Waals surface area contributed by atoms with E-state index in [1.807, 2.05) is 38.4 Å². The van der Waals surface area contributed by atoms with E-state index in [-0.39, 0.29) is 70.4 Å². The van der Waals surface area contributed by atoms with Crippen molar-refractivity contribution in [3.63, 3.8) is 0 Å². The van der Waals surface area contributed by atoms with Crippen LogP contribution < -0.4 is 30.7 Å². The average molecular weight is 1200 g/mol. The van der Waals surface area contributed by atoms with Gasteiger partial charge in [0.1, 0.15) is 0 Å². The molecule has 0 radical (unpaired) electrons. The summed E-state index contributed by atoms with van der Waals surface area (Å²) in [6.07, 6.45) is 4.45. The summed E-state index contributed by atoms with van der Waals surface area (Å²) in [4.78, 5) is 58.7. The van der Waals surface area contributed by atoms with Gasteiger partial charge >= 0.3 is 12.1 Å². The van der Waals surface area contributed by atoms with Crippen molar-refractivity contribution in [3.8, 4) is 12.1 Å². The molecule has 438 valence electrons. The van der Waals surface area contributed by atoms with Crippen LogP contribution in [0.15, 0.2) is 82.6 Å². The first-order valence-corrected chi connectivity index (χ1v) is 31.7. The molecule has 24 heteroatoms. The molecule has 8 rings (SSSR count). The minimum Gasteiger partial charge on any atom is -0.343 e. The molecular formula is C58H72Cl2N12O8S2. The van der Waals surface area contributed by atoms with Gasteiger partial charge in [-0.2, -0.15) is 10.5 Å². The Kier molecular flexibility index (Phi) is 21.3. The summed E-state index contributed by atoms with van der Waals surface area (Å²) in [6.45, 7) is 5.47. The number of hydrogen-bond acceptors (Lipinski definition) is 12. The van der Waals surface area contributed by atoms with Gasteiger partial charge in [-0.15, -0.1) is 0 Å². The van der Waals surface area contributed by atoms with Crippen molar-refractivity contribution in [2.75, 3.05) is 79.5 Å². The van der Waals surface area contributed by atoms with E-state index < -0.39 is 20.0 Å². The summed E-state index contributed by atoms with van der Waals surface area (Å²) in [6, 6.07) is 23.9. The second kappa shape index (κ2) is 28.3. The molecule has 0 saturated carbocycles. The van der Waals surface area contributed by atoms with E-state index in [0.717, 1.165) is 33.4 Å². The third-order valence-corrected chi connectivity index (χ3v) is 19.2. The van der Waals surface area contributed by atoms with Gasteiger partial charge in [-0.3, -0.25) is 9.59 Å². The number of carbonyl (C=O) groups is 4. The molecule has 2 fully saturated rings. The van der Waals surface area contributed by atoms with E-state index in [1.165, 1.54) is 0 Å². The normalized spacial score (nSPS) is 18.1. The molecule has 4 aliphatic rings. The highest BCUT2D eigenvalue weighted by atomic mass is 35.5. The van der Waals surface area contributed by atoms with Gasteiger partial charge < -0.3 is 40.9 Å². The van der Waals surface area contributed by atoms with E-state index in [1.54, 1.807) is 58.3 Å². The highest BCUT2D eigenvalue weighted by molar-refractivity contribution is 7.89. The van der Waals surface area contributed by atoms with Crippen LogP contribution in [0.3, 0.4) is 0 Å². The fraction of sp³-hybridized carbons (Fsp3) is 0.483. The maximum atomic E-state index is 13.6. The number of fused-ring (bicyclic) bond motifs is 2. The molecule has 0 aliphatic carbocycles. The van der Waals surface area contributed by atoms with Gasteiger partial charge in [-0.05, 0) is 147 Å². The first kappa shape index (κ1) is 61.7. The number of likely N-dealkylation sites (tertiary alicyclic amines) is 2. The minimum atomic E-state index is -3.87. The number of nitrogens with zero attached hydrogens (tertiary/aromatic N) is 6. The molecule has 4 heterocycles. The summed E-state index contributed by atoms with van der Waals surface area (Å²) >= 11 is 12.8. The Bertz CT molecular complexity index is 3090. The maximum Gasteiger partial charge on any atom is 0.314 e. The van der Waals surface area contributed by atoms with Crippen molar-refractivity contribution in [2.45, 2.75) is 111 Å². The summed E-state index contributed by atoms with van der Waals surface area (Å²) in [5.41, 5.74) is 6.28. The number of nitrogens with one attached hydrogen (secondary N) is 6. The standard InChI is InChI=1S/C58H72Cl2N12O8S2/c1-69-35-51(49-31-43(59)27-41(33-61)53(49)37-69)39-9-5-11-47(29-39)81(77,78)67-45-15-23-71(24-16-45)55(73)13-7-21-65-57(75)63-19-3-4-20-64-58(76)66-22-8-14-56(74)72-25-17-46(18-26-72)68-82(79,80)48-12-6-10-40(30-48)52-36-70(2)38-54-42(34-62)28-44(60)32-50(52)54/h5-6,9-12,27-32,45-46,51-52,67-68H,3-4,7-8,13-26,35-38H2,1-2H3,(H2,63,65,75)(H2,64,66,76). The van der Waals surface area contributed by atoms with Crippen molar-refractivity contribution >= 4 is 67.1 Å². The summed E-state index contributed by atoms with van der Waals surface area (Å²) in [7, 11) is -3.82. The number of nitriles is 2. The maximum absolute atomic E-state index is 13.6. The van der Waals surface area contributed by atoms with E-state index in [4.69, 9.17) is 23.2 Å². The van der Waals surface area contributed by atoms with E-state index in [9.17, 15) is 46.5 Å². The molecule has 2 saturated heterocycles. The number of piperidine rings is 2. The monoisotopic (exact) mass is 1200 g/mol. The molecule has 6 amide bonds. The lowest BCUT2D eigenvalue weighted by Crippen LogP contribution is -2.46. The fourth-order valence-electron chi connectivity index (χ4n) is 11.4. The molecule has 0 aromatic heterocycles. The van der Waals surface area contributed by atoms with Crippen molar-refractivity contribution in [1.29, 1.82) is 10.5 Å². The molecule has 82 heavy (non-hydrogen) atoms. The third-order valence-electron chi connectivity index (χ3n) is 15.7. The van der Waals surface area contributed by atoms with Gasteiger partial charge in [0.25, 0.3) is 0 Å². The number of amides is 6. The zero-order valence-electron chi connectivity index (χ0n) is 46.3. The summed E-state index contributed by atoms with van der Waals surface area (Å²) in [5, 5.41) is 31.5. The van der Waals surface area contributed by atoms with Crippen molar-refractivity contribution in [3.05, 3.63) is 127 Å². The predicted octanol–water partition coefficient (Wildman–Crippen LogP) is 6.07. The summed E-state index contributed by atoms with van der Waals surface area (Å²) in [5.74, 6) is -0.462. The van der Waals surface area contributed by atoms with Crippen molar-refractivity contribution in [2.24, 2.45) is 0 Å². The van der Waals surface area contributed by atoms with Crippen LogP contribution in [0.1, 0.15) is 121 Å². The number of unbranched alkanes of at least 4 members (excludes halogenated alkanes) is 1. The fourth-order valence-corrected chi connectivity index (χ4v) is 14.6. The van der Waals surface area contributed by atoms with Crippen LogP contribution in [-0.4, -0.2) is 152 Å². The zero-order valence-corrected chi connectivity index (χ0v) is 49.5. The zero-order chi connectivity index (χ0) is 58.6. The predicted molar refractivity (Wildman–Crippen MR) is 312 cm³/mol. The molecule has 4 aromatic carbocycles. The van der Waals surface area contributed by atoms with Crippen LogP contribution in [0.5, 0.6) is 0 Å². The molecule has 2 unspecified atom stereocenters. The highest BCUT2D eigenvalue weighted by Crippen LogP contribution is 2.39. The minimum absolute atomic E-state index is 0.0581. The largest absolute Gasteiger partial charge is 0.343 e. The lowest BCUT2D eigenvalue weighted by Gasteiger charge is -2.34. The Labute approximate surface area is 491 Å². The Morgan fingerprint density at radius 2 is 0.915 bits per heavy atom. The molecule has 2 atom stereocenters. The molecular weight excluding hydrogens is 1130 g/mol. The van der Waals surface area contributed by atoms with E-state index in [0.29, 0.717) is 151 Å². The second-order valence-corrected chi connectivity index (χ2v) is 26.0. The number of benzene rings is 4. The number of urea groups is 2. The second-order valence-electron chi connectivity index (χ2n) is 21.7. The molecule has 4 aromatic rings. The van der Waals surface area contributed by atoms with Crippen LogP contribution in [0.25, 0.3) is 0 Å². The lowest BCUT2D eigenvalue weighted by molar-refractivity contribution is -0.133. The van der Waals surface area contributed by atoms with Crippen LogP contribution in [0.2, 0.25) is 10.0 Å². The van der Waals surface area contributed by atoms with E-state index >= 15 is 0 Å². The SMILES string of the molecule is CN1Cc2c(C#N)cc(Cl)cc2C(c2cccc(S(=O)(=O)NC3CCN(C(=O)CCCNC(=O)NCCCCNC(=O)NCCCC(=O)N4CCC(NS(=O)(=O)c5cccc(C6CN(C)Cc7c(C#N)cc(Cl)cc76)c5)CC4)CC3)c2)C1. The van der Waals surface area contributed by atoms with Crippen LogP contribution in [0, 0.1) is 22.7 Å². The first-order chi connectivity index (χ1) is 39.3. The van der Waals surface area contributed by atoms with Crippen LogP contribution >= 0.6 is 23.2 Å². The Morgan fingerprint density at radius 3 is 1.28 bits per heavy atom. The topological polar surface area (TPSA) is 269 Å². The van der Waals surface area contributed by atoms with Crippen LogP contribution in [0.4, 0.5) is 9.59 Å². The highest BCUT2D eigenvalue weighted by Gasteiger charge is 2.33. The molecule has 20 nitrogen and oxygen atoms in total. The number of carbonyl (C=O) groups excluding carboxylic acids is 4. The number of rotatable bonds is 21. The first-order valence-electron chi connectivity index (χ1n) is 28.0. The van der Waals surface area contributed by atoms with Gasteiger partial charge in [0.2, 0.25) is 31.9 Å². The number of halogens is 2. The number of hydrogen-bond donors (Lipinski definition) is 6. The molecule has 4 aliphatic heterocycles. The Balaban J connectivity index is 0.635. The average Bonchev–Trinajstić information content (AvgIpc) is 3.66. The van der Waals surface area contributed by atoms with Crippen molar-refractivity contribution in [1.82, 2.24) is 50.3 Å². The molecule has 6 N–H and O–H groups in total. The number of likely N-dealkylation sites (N-methyl/N-ethyl adjacent to an activating group) is 2. The van der Waals surface area contributed by atoms with Gasteiger partial charge in [0.05, 0.1) is 33.1 Å². The van der Waals surface area contributed by atoms with Crippen LogP contribution in [-0.2, 0) is 42.7 Å². The number of sulfonamides is 2. The van der Waals surface area contributed by atoms with Gasteiger partial charge in [0, 0.05) is 125 Å². The van der Waals surface area contributed by atoms with Gasteiger partial charge in [-0.25, -0.2) is 35.9 Å².